The minimum atomic E-state index is -3.14. The molecule has 23 heavy (non-hydrogen) atoms. The Morgan fingerprint density at radius 1 is 1.30 bits per heavy atom. The lowest BCUT2D eigenvalue weighted by molar-refractivity contribution is -0.386. The van der Waals surface area contributed by atoms with Gasteiger partial charge in [0.1, 0.15) is 0 Å². The van der Waals surface area contributed by atoms with E-state index in [2.05, 4.69) is 4.74 Å². The molecule has 0 unspecified atom stereocenters. The number of nitro benzene ring substituents is 1. The van der Waals surface area contributed by atoms with Crippen LogP contribution in [0.15, 0.2) is 18.2 Å². The zero-order valence-electron chi connectivity index (χ0n) is 12.6. The van der Waals surface area contributed by atoms with Gasteiger partial charge < -0.3 is 14.5 Å². The fourth-order valence-corrected chi connectivity index (χ4v) is 2.53. The van der Waals surface area contributed by atoms with Crippen LogP contribution in [0.1, 0.15) is 13.3 Å². The highest BCUT2D eigenvalue weighted by atomic mass is 19.3. The predicted molar refractivity (Wildman–Crippen MR) is 78.8 cm³/mol. The molecule has 1 aromatic rings. The van der Waals surface area contributed by atoms with Gasteiger partial charge in [-0.15, -0.1) is 0 Å². The number of halogens is 2. The largest absolute Gasteiger partial charge is 0.427 e. The number of amides is 1. The Bertz CT molecular complexity index is 597. The summed E-state index contributed by atoms with van der Waals surface area (Å²) in [6, 6.07) is 3.90. The number of alkyl halides is 2. The van der Waals surface area contributed by atoms with Crippen molar-refractivity contribution in [2.24, 2.45) is 0 Å². The second-order valence-electron chi connectivity index (χ2n) is 5.13. The number of ether oxygens (including phenoxy) is 1. The van der Waals surface area contributed by atoms with E-state index >= 15 is 0 Å². The average Bonchev–Trinajstić information content (AvgIpc) is 2.72. The number of rotatable bonds is 4. The fourth-order valence-electron chi connectivity index (χ4n) is 2.53. The molecule has 0 radical (unpaired) electrons. The van der Waals surface area contributed by atoms with Crippen LogP contribution in [0.2, 0.25) is 0 Å². The first-order valence-corrected chi connectivity index (χ1v) is 7.12. The van der Waals surface area contributed by atoms with Crippen LogP contribution >= 0.6 is 0 Å². The number of anilines is 1. The molecule has 0 aromatic heterocycles. The van der Waals surface area contributed by atoms with Gasteiger partial charge in [-0.1, -0.05) is 0 Å². The number of hydrogen-bond donors (Lipinski definition) is 0. The Morgan fingerprint density at radius 2 is 2.04 bits per heavy atom. The van der Waals surface area contributed by atoms with Gasteiger partial charge >= 0.3 is 12.3 Å². The van der Waals surface area contributed by atoms with Crippen LogP contribution in [0.4, 0.5) is 20.2 Å². The molecule has 7 nitrogen and oxygen atoms in total. The average molecular weight is 329 g/mol. The molecule has 1 aliphatic rings. The summed E-state index contributed by atoms with van der Waals surface area (Å²) >= 11 is 0. The summed E-state index contributed by atoms with van der Waals surface area (Å²) in [6.07, 6.45) is 0.724. The summed E-state index contributed by atoms with van der Waals surface area (Å²) in [7, 11) is 0. The molecule has 0 aliphatic carbocycles. The highest BCUT2D eigenvalue weighted by Gasteiger charge is 2.22. The van der Waals surface area contributed by atoms with Gasteiger partial charge in [-0.3, -0.25) is 14.9 Å². The lowest BCUT2D eigenvalue weighted by Gasteiger charge is -2.23. The molecule has 1 amide bonds. The maximum absolute atomic E-state index is 12.4. The zero-order valence-corrected chi connectivity index (χ0v) is 12.6. The molecule has 0 atom stereocenters. The number of nitro groups is 1. The van der Waals surface area contributed by atoms with Crippen molar-refractivity contribution >= 4 is 17.3 Å². The number of hydrogen-bond acceptors (Lipinski definition) is 5. The first-order chi connectivity index (χ1) is 10.9. The van der Waals surface area contributed by atoms with Gasteiger partial charge in [0.15, 0.2) is 0 Å². The lowest BCUT2D eigenvalue weighted by atomic mass is 10.2. The third-order valence-electron chi connectivity index (χ3n) is 3.66. The molecule has 1 aliphatic heterocycles. The van der Waals surface area contributed by atoms with E-state index in [1.807, 2.05) is 4.90 Å². The summed E-state index contributed by atoms with van der Waals surface area (Å²) in [5.41, 5.74) is 0.0471. The van der Waals surface area contributed by atoms with E-state index in [0.29, 0.717) is 31.9 Å². The van der Waals surface area contributed by atoms with Crippen LogP contribution in [0.25, 0.3) is 0 Å². The number of carbonyl (C=O) groups is 1. The quantitative estimate of drug-likeness (QED) is 0.625. The van der Waals surface area contributed by atoms with Gasteiger partial charge in [0.2, 0.25) is 11.7 Å². The van der Waals surface area contributed by atoms with E-state index in [-0.39, 0.29) is 5.91 Å². The highest BCUT2D eigenvalue weighted by Crippen LogP contribution is 2.33. The van der Waals surface area contributed by atoms with Crippen LogP contribution in [-0.4, -0.2) is 48.5 Å². The van der Waals surface area contributed by atoms with E-state index in [1.165, 1.54) is 19.1 Å². The SMILES string of the molecule is CC(=O)N1CCCN(c2ccc([N+](=O)[O-])c(OC(F)F)c2)CC1. The third kappa shape index (κ3) is 4.27. The molecule has 2 rings (SSSR count). The Balaban J connectivity index is 2.22. The molecule has 0 bridgehead atoms. The standard InChI is InChI=1S/C14H17F2N3O4/c1-10(20)17-5-2-6-18(8-7-17)11-3-4-12(19(21)22)13(9-11)23-14(15)16/h3-4,9,14H,2,5-8H2,1H3. The molecule has 1 fully saturated rings. The van der Waals surface area contributed by atoms with Crippen molar-refractivity contribution in [3.8, 4) is 5.75 Å². The minimum Gasteiger partial charge on any atom is -0.427 e. The summed E-state index contributed by atoms with van der Waals surface area (Å²) in [5, 5.41) is 10.9. The molecule has 9 heteroatoms. The molecule has 1 heterocycles. The molecule has 0 saturated carbocycles. The van der Waals surface area contributed by atoms with Crippen molar-refractivity contribution in [3.63, 3.8) is 0 Å². The highest BCUT2D eigenvalue weighted by molar-refractivity contribution is 5.73. The molecule has 0 N–H and O–H groups in total. The molecule has 126 valence electrons. The minimum absolute atomic E-state index is 0.0164. The number of nitrogens with zero attached hydrogens (tertiary/aromatic N) is 3. The maximum atomic E-state index is 12.4. The molecule has 1 aromatic carbocycles. The van der Waals surface area contributed by atoms with E-state index in [0.717, 1.165) is 12.5 Å². The fraction of sp³-hybridized carbons (Fsp3) is 0.500. The van der Waals surface area contributed by atoms with E-state index in [1.54, 1.807) is 4.90 Å². The van der Waals surface area contributed by atoms with Crippen molar-refractivity contribution < 1.29 is 23.2 Å². The zero-order chi connectivity index (χ0) is 17.0. The van der Waals surface area contributed by atoms with Gasteiger partial charge in [-0.05, 0) is 12.5 Å². The molecule has 0 spiro atoms. The first kappa shape index (κ1) is 16.9. The normalized spacial score (nSPS) is 15.5. The van der Waals surface area contributed by atoms with Crippen LogP contribution in [0.3, 0.4) is 0 Å². The number of benzene rings is 1. The lowest BCUT2D eigenvalue weighted by Crippen LogP contribution is -2.33. The van der Waals surface area contributed by atoms with Gasteiger partial charge in [0, 0.05) is 50.9 Å². The second-order valence-corrected chi connectivity index (χ2v) is 5.13. The van der Waals surface area contributed by atoms with Gasteiger partial charge in [0.05, 0.1) is 4.92 Å². The van der Waals surface area contributed by atoms with E-state index in [9.17, 15) is 23.7 Å². The van der Waals surface area contributed by atoms with Crippen molar-refractivity contribution in [2.75, 3.05) is 31.1 Å². The summed E-state index contributed by atoms with van der Waals surface area (Å²) in [5.74, 6) is -0.479. The van der Waals surface area contributed by atoms with Gasteiger partial charge in [-0.25, -0.2) is 0 Å². The molecular weight excluding hydrogens is 312 g/mol. The van der Waals surface area contributed by atoms with Crippen LogP contribution in [0, 0.1) is 10.1 Å². The third-order valence-corrected chi connectivity index (χ3v) is 3.66. The summed E-state index contributed by atoms with van der Waals surface area (Å²) in [6.45, 7) is 0.634. The van der Waals surface area contributed by atoms with Crippen molar-refractivity contribution in [2.45, 2.75) is 20.0 Å². The molecule has 1 saturated heterocycles. The topological polar surface area (TPSA) is 75.9 Å². The van der Waals surface area contributed by atoms with Crippen molar-refractivity contribution in [1.29, 1.82) is 0 Å². The second kappa shape index (κ2) is 7.21. The summed E-state index contributed by atoms with van der Waals surface area (Å²) in [4.78, 5) is 25.1. The van der Waals surface area contributed by atoms with E-state index in [4.69, 9.17) is 0 Å². The smallest absolute Gasteiger partial charge is 0.387 e. The van der Waals surface area contributed by atoms with Crippen LogP contribution in [0.5, 0.6) is 5.75 Å². The Kier molecular flexibility index (Phi) is 5.30. The Morgan fingerprint density at radius 3 is 2.65 bits per heavy atom. The summed E-state index contributed by atoms with van der Waals surface area (Å²) < 4.78 is 29.1. The van der Waals surface area contributed by atoms with E-state index < -0.39 is 23.0 Å². The van der Waals surface area contributed by atoms with Crippen LogP contribution < -0.4 is 9.64 Å². The van der Waals surface area contributed by atoms with Gasteiger partial charge in [-0.2, -0.15) is 8.78 Å². The Labute approximate surface area is 131 Å². The maximum Gasteiger partial charge on any atom is 0.387 e. The van der Waals surface area contributed by atoms with Gasteiger partial charge in [0.25, 0.3) is 0 Å². The predicted octanol–water partition coefficient (Wildman–Crippen LogP) is 2.25. The monoisotopic (exact) mass is 329 g/mol. The molecular formula is C14H17F2N3O4. The van der Waals surface area contributed by atoms with Crippen LogP contribution in [-0.2, 0) is 4.79 Å². The number of carbonyl (C=O) groups excluding carboxylic acids is 1. The first-order valence-electron chi connectivity index (χ1n) is 7.12. The van der Waals surface area contributed by atoms with Crippen molar-refractivity contribution in [3.05, 3.63) is 28.3 Å². The van der Waals surface area contributed by atoms with Crippen molar-refractivity contribution in [1.82, 2.24) is 4.90 Å². The Hall–Kier alpha value is -2.45.